The number of benzene rings is 2. The Morgan fingerprint density at radius 1 is 1.13 bits per heavy atom. The second-order valence-corrected chi connectivity index (χ2v) is 7.09. The summed E-state index contributed by atoms with van der Waals surface area (Å²) in [7, 11) is 0. The zero-order valence-electron chi connectivity index (χ0n) is 17.3. The molecule has 0 amide bonds. The molecule has 0 radical (unpaired) electrons. The van der Waals surface area contributed by atoms with Crippen molar-refractivity contribution in [3.8, 4) is 16.9 Å². The van der Waals surface area contributed by atoms with Crippen molar-refractivity contribution in [1.82, 2.24) is 4.98 Å². The Labute approximate surface area is 180 Å². The number of esters is 1. The highest BCUT2D eigenvalue weighted by atomic mass is 16.5. The molecule has 0 saturated heterocycles. The summed E-state index contributed by atoms with van der Waals surface area (Å²) in [5.41, 5.74) is 11.2. The number of hydrogen-bond acceptors (Lipinski definition) is 6. The summed E-state index contributed by atoms with van der Waals surface area (Å²) in [6.07, 6.45) is 3.61. The summed E-state index contributed by atoms with van der Waals surface area (Å²) < 4.78 is 16.8. The van der Waals surface area contributed by atoms with Crippen LogP contribution in [0.4, 0.5) is 0 Å². The van der Waals surface area contributed by atoms with E-state index >= 15 is 0 Å². The summed E-state index contributed by atoms with van der Waals surface area (Å²) in [6, 6.07) is 17.5. The molecule has 2 aromatic carbocycles. The van der Waals surface area contributed by atoms with E-state index in [2.05, 4.69) is 11.1 Å². The number of para-hydroxylation sites is 1. The average molecular weight is 416 g/mol. The van der Waals surface area contributed by atoms with E-state index in [0.29, 0.717) is 25.5 Å². The molecular weight excluding hydrogens is 392 g/mol. The van der Waals surface area contributed by atoms with E-state index in [0.717, 1.165) is 38.9 Å². The number of aromatic nitrogens is 1. The number of furan rings is 1. The van der Waals surface area contributed by atoms with Gasteiger partial charge >= 0.3 is 5.97 Å². The Morgan fingerprint density at radius 2 is 2.00 bits per heavy atom. The number of pyridine rings is 1. The molecule has 0 aliphatic carbocycles. The summed E-state index contributed by atoms with van der Waals surface area (Å²) >= 11 is 0. The smallest absolute Gasteiger partial charge is 0.310 e. The normalized spacial score (nSPS) is 10.9. The molecule has 2 aromatic heterocycles. The van der Waals surface area contributed by atoms with Gasteiger partial charge in [-0.15, -0.1) is 0 Å². The van der Waals surface area contributed by atoms with Gasteiger partial charge in [-0.2, -0.15) is 0 Å². The predicted octanol–water partition coefficient (Wildman–Crippen LogP) is 4.64. The van der Waals surface area contributed by atoms with Crippen LogP contribution >= 0.6 is 0 Å². The van der Waals surface area contributed by atoms with E-state index in [4.69, 9.17) is 19.6 Å². The highest BCUT2D eigenvalue weighted by Gasteiger charge is 2.13. The first-order valence-corrected chi connectivity index (χ1v) is 10.2. The van der Waals surface area contributed by atoms with Crippen LogP contribution < -0.4 is 10.5 Å². The molecule has 6 nitrogen and oxygen atoms in total. The van der Waals surface area contributed by atoms with E-state index in [1.165, 1.54) is 0 Å². The molecule has 0 bridgehead atoms. The monoisotopic (exact) mass is 416 g/mol. The first kappa shape index (κ1) is 20.6. The molecule has 0 fully saturated rings. The maximum Gasteiger partial charge on any atom is 0.310 e. The second-order valence-electron chi connectivity index (χ2n) is 7.09. The SMILES string of the molecule is CCOC(=O)Cc1ccccc1OCc1cc(-c2ccnc(CN)c2)c2ccoc2c1. The van der Waals surface area contributed by atoms with Crippen molar-refractivity contribution in [3.63, 3.8) is 0 Å². The lowest BCUT2D eigenvalue weighted by atomic mass is 9.99. The van der Waals surface area contributed by atoms with Crippen molar-refractivity contribution in [2.24, 2.45) is 5.73 Å². The zero-order valence-corrected chi connectivity index (χ0v) is 17.3. The fraction of sp³-hybridized carbons (Fsp3) is 0.200. The molecule has 2 N–H and O–H groups in total. The molecule has 0 saturated carbocycles. The molecule has 0 aliphatic rings. The molecule has 0 atom stereocenters. The highest BCUT2D eigenvalue weighted by molar-refractivity contribution is 5.94. The maximum atomic E-state index is 11.9. The molecule has 31 heavy (non-hydrogen) atoms. The van der Waals surface area contributed by atoms with Crippen LogP contribution in [0.2, 0.25) is 0 Å². The van der Waals surface area contributed by atoms with Gasteiger partial charge in [0, 0.05) is 23.7 Å². The van der Waals surface area contributed by atoms with Crippen LogP contribution in [0.15, 0.2) is 71.5 Å². The number of nitrogens with two attached hydrogens (primary N) is 1. The Kier molecular flexibility index (Phi) is 6.29. The lowest BCUT2D eigenvalue weighted by Gasteiger charge is -2.13. The van der Waals surface area contributed by atoms with Crippen LogP contribution in [0.5, 0.6) is 5.75 Å². The van der Waals surface area contributed by atoms with Crippen molar-refractivity contribution >= 4 is 16.9 Å². The van der Waals surface area contributed by atoms with Crippen LogP contribution in [0.25, 0.3) is 22.1 Å². The number of nitrogens with zero attached hydrogens (tertiary/aromatic N) is 1. The van der Waals surface area contributed by atoms with Gasteiger partial charge in [0.15, 0.2) is 0 Å². The Morgan fingerprint density at radius 3 is 2.84 bits per heavy atom. The quantitative estimate of drug-likeness (QED) is 0.421. The van der Waals surface area contributed by atoms with Gasteiger partial charge in [-0.3, -0.25) is 9.78 Å². The van der Waals surface area contributed by atoms with Gasteiger partial charge in [0.1, 0.15) is 17.9 Å². The summed E-state index contributed by atoms with van der Waals surface area (Å²) in [4.78, 5) is 16.2. The topological polar surface area (TPSA) is 87.6 Å². The molecule has 6 heteroatoms. The summed E-state index contributed by atoms with van der Waals surface area (Å²) in [5.74, 6) is 0.386. The largest absolute Gasteiger partial charge is 0.489 e. The van der Waals surface area contributed by atoms with Crippen molar-refractivity contribution in [2.75, 3.05) is 6.61 Å². The van der Waals surface area contributed by atoms with Gasteiger partial charge in [0.05, 0.1) is 25.0 Å². The summed E-state index contributed by atoms with van der Waals surface area (Å²) in [5, 5.41) is 1.01. The number of fused-ring (bicyclic) bond motifs is 1. The lowest BCUT2D eigenvalue weighted by Crippen LogP contribution is -2.09. The van der Waals surface area contributed by atoms with Crippen LogP contribution in [-0.2, 0) is 29.1 Å². The maximum absolute atomic E-state index is 11.9. The standard InChI is InChI=1S/C25H24N2O4/c1-2-29-25(28)14-19-5-3-4-6-23(19)31-16-17-11-22(21-8-10-30-24(21)12-17)18-7-9-27-20(13-18)15-26/h3-13H,2,14-16,26H2,1H3. The lowest BCUT2D eigenvalue weighted by molar-refractivity contribution is -0.142. The molecule has 0 unspecified atom stereocenters. The predicted molar refractivity (Wildman–Crippen MR) is 118 cm³/mol. The van der Waals surface area contributed by atoms with Gasteiger partial charge in [-0.1, -0.05) is 18.2 Å². The Balaban J connectivity index is 1.61. The van der Waals surface area contributed by atoms with Gasteiger partial charge < -0.3 is 19.6 Å². The van der Waals surface area contributed by atoms with Gasteiger partial charge in [-0.25, -0.2) is 0 Å². The van der Waals surface area contributed by atoms with Crippen LogP contribution in [0, 0.1) is 0 Å². The molecule has 4 aromatic rings. The number of carbonyl (C=O) groups excluding carboxylic acids is 1. The van der Waals surface area contributed by atoms with Crippen molar-refractivity contribution in [1.29, 1.82) is 0 Å². The van der Waals surface area contributed by atoms with Crippen LogP contribution in [0.3, 0.4) is 0 Å². The number of ether oxygens (including phenoxy) is 2. The second kappa shape index (κ2) is 9.45. The van der Waals surface area contributed by atoms with E-state index in [-0.39, 0.29) is 12.4 Å². The van der Waals surface area contributed by atoms with Crippen LogP contribution in [-0.4, -0.2) is 17.6 Å². The molecule has 0 spiro atoms. The number of rotatable bonds is 8. The van der Waals surface area contributed by atoms with Gasteiger partial charge in [-0.05, 0) is 60.0 Å². The highest BCUT2D eigenvalue weighted by Crippen LogP contribution is 2.32. The molecule has 158 valence electrons. The Bertz CT molecular complexity index is 1200. The summed E-state index contributed by atoms with van der Waals surface area (Å²) in [6.45, 7) is 2.86. The minimum Gasteiger partial charge on any atom is -0.489 e. The van der Waals surface area contributed by atoms with Gasteiger partial charge in [0.25, 0.3) is 0 Å². The minimum atomic E-state index is -0.272. The zero-order chi connectivity index (χ0) is 21.6. The van der Waals surface area contributed by atoms with E-state index < -0.39 is 0 Å². The third-order valence-corrected chi connectivity index (χ3v) is 4.98. The van der Waals surface area contributed by atoms with E-state index in [1.54, 1.807) is 19.4 Å². The third kappa shape index (κ3) is 4.75. The van der Waals surface area contributed by atoms with Crippen LogP contribution in [0.1, 0.15) is 23.7 Å². The van der Waals surface area contributed by atoms with Crippen molar-refractivity contribution < 1.29 is 18.7 Å². The van der Waals surface area contributed by atoms with Crippen molar-refractivity contribution in [2.45, 2.75) is 26.5 Å². The first-order valence-electron chi connectivity index (χ1n) is 10.2. The average Bonchev–Trinajstić information content (AvgIpc) is 3.27. The molecule has 4 rings (SSSR count). The number of hydrogen-bond donors (Lipinski definition) is 1. The Hall–Kier alpha value is -3.64. The van der Waals surface area contributed by atoms with E-state index in [1.807, 2.05) is 48.5 Å². The van der Waals surface area contributed by atoms with Crippen molar-refractivity contribution in [3.05, 3.63) is 83.9 Å². The first-order chi connectivity index (χ1) is 15.2. The minimum absolute atomic E-state index is 0.172. The third-order valence-electron chi connectivity index (χ3n) is 4.98. The van der Waals surface area contributed by atoms with Gasteiger partial charge in [0.2, 0.25) is 0 Å². The molecule has 0 aliphatic heterocycles. The van der Waals surface area contributed by atoms with E-state index in [9.17, 15) is 4.79 Å². The molecular formula is C25H24N2O4. The fourth-order valence-electron chi connectivity index (χ4n) is 3.53. The fourth-order valence-corrected chi connectivity index (χ4v) is 3.53. The molecule has 2 heterocycles. The number of carbonyl (C=O) groups is 1.